The van der Waals surface area contributed by atoms with Crippen molar-refractivity contribution in [1.29, 1.82) is 0 Å². The van der Waals surface area contributed by atoms with Crippen LogP contribution in [0.15, 0.2) is 0 Å². The topological polar surface area (TPSA) is 17.1 Å². The van der Waals surface area contributed by atoms with Crippen molar-refractivity contribution in [3.8, 4) is 0 Å². The lowest BCUT2D eigenvalue weighted by Crippen LogP contribution is -2.26. The predicted octanol–water partition coefficient (Wildman–Crippen LogP) is 3.25. The molecule has 0 amide bonds. The van der Waals surface area contributed by atoms with Crippen LogP contribution < -0.4 is 0 Å². The molecule has 1 saturated carbocycles. The first-order valence-electron chi connectivity index (χ1n) is 5.97. The van der Waals surface area contributed by atoms with Crippen LogP contribution >= 0.6 is 25.3 Å². The van der Waals surface area contributed by atoms with Crippen molar-refractivity contribution in [3.05, 3.63) is 0 Å². The van der Waals surface area contributed by atoms with Gasteiger partial charge in [-0.25, -0.2) is 0 Å². The van der Waals surface area contributed by atoms with Crippen LogP contribution in [0.2, 0.25) is 0 Å². The summed E-state index contributed by atoms with van der Waals surface area (Å²) in [5.74, 6) is 4.22. The molecule has 0 aromatic rings. The van der Waals surface area contributed by atoms with Gasteiger partial charge in [-0.3, -0.25) is 0 Å². The normalized spacial score (nSPS) is 31.5. The highest BCUT2D eigenvalue weighted by molar-refractivity contribution is 7.80. The first-order valence-corrected chi connectivity index (χ1v) is 7.23. The Morgan fingerprint density at radius 1 is 1.07 bits per heavy atom. The number of carbonyl (C=O) groups excluding carboxylic acids is 1. The lowest BCUT2D eigenvalue weighted by atomic mass is 9.71. The number of hydrogen-bond acceptors (Lipinski definition) is 3. The van der Waals surface area contributed by atoms with E-state index in [2.05, 4.69) is 25.3 Å². The van der Waals surface area contributed by atoms with Crippen LogP contribution in [0.25, 0.3) is 0 Å². The molecule has 1 nitrogen and oxygen atoms in total. The standard InChI is InChI=1S/C12H22OS2/c13-6-3-10-1-2-11(4-7-14)12(9-10)5-8-15/h6,10-12,14-15H,1-5,7-9H2. The molecule has 3 unspecified atom stereocenters. The van der Waals surface area contributed by atoms with Crippen LogP contribution in [0.3, 0.4) is 0 Å². The fourth-order valence-electron chi connectivity index (χ4n) is 2.84. The average Bonchev–Trinajstić information content (AvgIpc) is 2.23. The molecular formula is C12H22OS2. The first-order chi connectivity index (χ1) is 7.31. The summed E-state index contributed by atoms with van der Waals surface area (Å²) in [7, 11) is 0. The van der Waals surface area contributed by atoms with E-state index in [1.807, 2.05) is 0 Å². The Labute approximate surface area is 104 Å². The number of thiol groups is 2. The monoisotopic (exact) mass is 246 g/mol. The summed E-state index contributed by atoms with van der Waals surface area (Å²) < 4.78 is 0. The maximum absolute atomic E-state index is 10.5. The molecule has 1 fully saturated rings. The minimum atomic E-state index is 0.642. The zero-order chi connectivity index (χ0) is 11.1. The lowest BCUT2D eigenvalue weighted by Gasteiger charge is -2.35. The van der Waals surface area contributed by atoms with E-state index in [9.17, 15) is 4.79 Å². The Balaban J connectivity index is 2.44. The molecule has 0 saturated heterocycles. The lowest BCUT2D eigenvalue weighted by molar-refractivity contribution is -0.109. The SMILES string of the molecule is O=CCC1CCC(CCS)C(CCS)C1. The van der Waals surface area contributed by atoms with E-state index in [0.717, 1.165) is 36.0 Å². The van der Waals surface area contributed by atoms with Crippen molar-refractivity contribution >= 4 is 31.5 Å². The molecule has 3 heteroatoms. The fourth-order valence-corrected chi connectivity index (χ4v) is 3.50. The number of aldehydes is 1. The Hall–Kier alpha value is 0.370. The van der Waals surface area contributed by atoms with E-state index in [4.69, 9.17) is 0 Å². The summed E-state index contributed by atoms with van der Waals surface area (Å²) in [6.45, 7) is 0. The third-order valence-electron chi connectivity index (χ3n) is 3.68. The van der Waals surface area contributed by atoms with Gasteiger partial charge in [-0.2, -0.15) is 25.3 Å². The fraction of sp³-hybridized carbons (Fsp3) is 0.917. The average molecular weight is 246 g/mol. The van der Waals surface area contributed by atoms with Gasteiger partial charge in [0.05, 0.1) is 0 Å². The molecule has 3 atom stereocenters. The molecule has 0 aromatic carbocycles. The van der Waals surface area contributed by atoms with Crippen molar-refractivity contribution < 1.29 is 4.79 Å². The molecule has 1 aliphatic carbocycles. The predicted molar refractivity (Wildman–Crippen MR) is 71.9 cm³/mol. The minimum absolute atomic E-state index is 0.642. The number of carbonyl (C=O) groups is 1. The molecule has 1 aliphatic rings. The minimum Gasteiger partial charge on any atom is -0.303 e. The van der Waals surface area contributed by atoms with Gasteiger partial charge in [0.25, 0.3) is 0 Å². The number of hydrogen-bond donors (Lipinski definition) is 2. The molecule has 0 spiro atoms. The van der Waals surface area contributed by atoms with Gasteiger partial charge in [0.15, 0.2) is 0 Å². The van der Waals surface area contributed by atoms with Crippen molar-refractivity contribution in [1.82, 2.24) is 0 Å². The van der Waals surface area contributed by atoms with E-state index in [0.29, 0.717) is 5.92 Å². The van der Waals surface area contributed by atoms with Crippen molar-refractivity contribution in [2.45, 2.75) is 38.5 Å². The zero-order valence-electron chi connectivity index (χ0n) is 9.27. The van der Waals surface area contributed by atoms with Gasteiger partial charge in [0.2, 0.25) is 0 Å². The van der Waals surface area contributed by atoms with E-state index in [-0.39, 0.29) is 0 Å². The van der Waals surface area contributed by atoms with Gasteiger partial charge in [-0.15, -0.1) is 0 Å². The third-order valence-corrected chi connectivity index (χ3v) is 4.19. The Morgan fingerprint density at radius 2 is 1.73 bits per heavy atom. The molecule has 1 rings (SSSR count). The van der Waals surface area contributed by atoms with Crippen molar-refractivity contribution in [2.24, 2.45) is 17.8 Å². The third kappa shape index (κ3) is 4.39. The van der Waals surface area contributed by atoms with Crippen LogP contribution in [-0.2, 0) is 4.79 Å². The highest BCUT2D eigenvalue weighted by Crippen LogP contribution is 2.39. The second kappa shape index (κ2) is 7.61. The molecule has 0 heterocycles. The summed E-state index contributed by atoms with van der Waals surface area (Å²) >= 11 is 8.66. The molecule has 0 aliphatic heterocycles. The van der Waals surface area contributed by atoms with Crippen molar-refractivity contribution in [2.75, 3.05) is 11.5 Å². The quantitative estimate of drug-likeness (QED) is 0.543. The largest absolute Gasteiger partial charge is 0.303 e. The maximum Gasteiger partial charge on any atom is 0.120 e. The van der Waals surface area contributed by atoms with E-state index in [1.165, 1.54) is 32.1 Å². The van der Waals surface area contributed by atoms with Gasteiger partial charge < -0.3 is 4.79 Å². The van der Waals surface area contributed by atoms with Crippen LogP contribution in [0.1, 0.15) is 38.5 Å². The molecule has 15 heavy (non-hydrogen) atoms. The number of rotatable bonds is 6. The first kappa shape index (κ1) is 13.4. The summed E-state index contributed by atoms with van der Waals surface area (Å²) in [4.78, 5) is 10.5. The van der Waals surface area contributed by atoms with Gasteiger partial charge in [0, 0.05) is 6.42 Å². The molecule has 0 aromatic heterocycles. The summed E-state index contributed by atoms with van der Waals surface area (Å²) in [6, 6.07) is 0. The highest BCUT2D eigenvalue weighted by atomic mass is 32.1. The second-order valence-corrected chi connectivity index (χ2v) is 5.52. The Morgan fingerprint density at radius 3 is 2.33 bits per heavy atom. The van der Waals surface area contributed by atoms with E-state index < -0.39 is 0 Å². The van der Waals surface area contributed by atoms with Crippen LogP contribution in [0.4, 0.5) is 0 Å². The maximum atomic E-state index is 10.5. The second-order valence-electron chi connectivity index (χ2n) is 4.63. The van der Waals surface area contributed by atoms with Gasteiger partial charge >= 0.3 is 0 Å². The summed E-state index contributed by atoms with van der Waals surface area (Å²) in [6.07, 6.45) is 8.04. The van der Waals surface area contributed by atoms with E-state index >= 15 is 0 Å². The summed E-state index contributed by atoms with van der Waals surface area (Å²) in [5.41, 5.74) is 0. The molecular weight excluding hydrogens is 224 g/mol. The highest BCUT2D eigenvalue weighted by Gasteiger charge is 2.28. The van der Waals surface area contributed by atoms with Gasteiger partial charge in [0.1, 0.15) is 6.29 Å². The van der Waals surface area contributed by atoms with Gasteiger partial charge in [-0.05, 0) is 61.4 Å². The zero-order valence-corrected chi connectivity index (χ0v) is 11.1. The Kier molecular flexibility index (Phi) is 6.82. The van der Waals surface area contributed by atoms with E-state index in [1.54, 1.807) is 0 Å². The molecule has 0 radical (unpaired) electrons. The van der Waals surface area contributed by atoms with Crippen LogP contribution in [0.5, 0.6) is 0 Å². The van der Waals surface area contributed by atoms with Crippen LogP contribution in [-0.4, -0.2) is 17.8 Å². The Bertz CT molecular complexity index is 184. The molecule has 88 valence electrons. The van der Waals surface area contributed by atoms with Crippen LogP contribution in [0, 0.1) is 17.8 Å². The van der Waals surface area contributed by atoms with Gasteiger partial charge in [-0.1, -0.05) is 0 Å². The molecule has 0 N–H and O–H groups in total. The summed E-state index contributed by atoms with van der Waals surface area (Å²) in [5, 5.41) is 0. The smallest absolute Gasteiger partial charge is 0.120 e. The molecule has 0 bridgehead atoms. The van der Waals surface area contributed by atoms with Crippen molar-refractivity contribution in [3.63, 3.8) is 0 Å².